The smallest absolute Gasteiger partial charge is 0.204 e. The van der Waals surface area contributed by atoms with Crippen LogP contribution in [0, 0.1) is 4.77 Å². The van der Waals surface area contributed by atoms with E-state index in [2.05, 4.69) is 61.4 Å². The van der Waals surface area contributed by atoms with Crippen LogP contribution in [0.3, 0.4) is 0 Å². The summed E-state index contributed by atoms with van der Waals surface area (Å²) in [6.45, 7) is 11.0. The number of rotatable bonds is 6. The van der Waals surface area contributed by atoms with Crippen LogP contribution in [-0.2, 0) is 11.4 Å². The zero-order chi connectivity index (χ0) is 22.8. The quantitative estimate of drug-likeness (QED) is 0.477. The van der Waals surface area contributed by atoms with E-state index in [0.717, 1.165) is 35.9 Å². The minimum absolute atomic E-state index is 0.192. The van der Waals surface area contributed by atoms with Crippen LogP contribution in [0.15, 0.2) is 48.5 Å². The molecule has 1 saturated heterocycles. The molecule has 3 aromatic rings. The highest BCUT2D eigenvalue weighted by Gasteiger charge is 2.24. The fourth-order valence-corrected chi connectivity index (χ4v) is 4.70. The third kappa shape index (κ3) is 4.65. The van der Waals surface area contributed by atoms with Crippen LogP contribution in [0.25, 0.3) is 17.1 Å². The maximum atomic E-state index is 6.00. The molecule has 170 valence electrons. The third-order valence-electron chi connectivity index (χ3n) is 5.82. The molecule has 7 heteroatoms. The first-order valence-electron chi connectivity index (χ1n) is 11.2. The monoisotopic (exact) mass is 452 g/mol. The molecule has 0 amide bonds. The Labute approximate surface area is 195 Å². The van der Waals surface area contributed by atoms with E-state index < -0.39 is 0 Å². The Balaban J connectivity index is 1.82. The molecule has 0 radical (unpaired) electrons. The summed E-state index contributed by atoms with van der Waals surface area (Å²) in [5, 5.41) is 5.01. The predicted molar refractivity (Wildman–Crippen MR) is 130 cm³/mol. The third-order valence-corrected chi connectivity index (χ3v) is 6.21. The lowest BCUT2D eigenvalue weighted by atomic mass is 10.0. The number of para-hydroxylation sites is 1. The summed E-state index contributed by atoms with van der Waals surface area (Å²) in [6, 6.07) is 16.4. The zero-order valence-corrected chi connectivity index (χ0v) is 20.3. The summed E-state index contributed by atoms with van der Waals surface area (Å²) in [7, 11) is 1.68. The lowest BCUT2D eigenvalue weighted by Crippen LogP contribution is -2.46. The molecule has 2 atom stereocenters. The highest BCUT2D eigenvalue weighted by atomic mass is 32.1. The molecule has 0 aliphatic carbocycles. The van der Waals surface area contributed by atoms with Gasteiger partial charge in [0.05, 0.1) is 31.7 Å². The number of aromatic nitrogens is 3. The van der Waals surface area contributed by atoms with Crippen molar-refractivity contribution in [1.82, 2.24) is 19.2 Å². The number of benzene rings is 2. The Morgan fingerprint density at radius 3 is 2.34 bits per heavy atom. The SMILES string of the molecule is COc1ccc(-c2nn(CN3C[C@H](C)O[C@@H](C)C3)c(=S)n2-c2ccccc2C(C)C)cc1. The molecule has 32 heavy (non-hydrogen) atoms. The second kappa shape index (κ2) is 9.57. The average molecular weight is 453 g/mol. The van der Waals surface area contributed by atoms with E-state index in [9.17, 15) is 0 Å². The summed E-state index contributed by atoms with van der Waals surface area (Å²) in [5.74, 6) is 2.01. The second-order valence-electron chi connectivity index (χ2n) is 8.82. The lowest BCUT2D eigenvalue weighted by Gasteiger charge is -2.34. The molecule has 1 aromatic heterocycles. The van der Waals surface area contributed by atoms with E-state index in [1.807, 2.05) is 28.9 Å². The number of morpholine rings is 1. The first kappa shape index (κ1) is 22.7. The molecule has 1 aliphatic heterocycles. The molecule has 4 rings (SSSR count). The van der Waals surface area contributed by atoms with Gasteiger partial charge >= 0.3 is 0 Å². The largest absolute Gasteiger partial charge is 0.497 e. The van der Waals surface area contributed by atoms with Crippen LogP contribution in [-0.4, -0.2) is 51.7 Å². The Bertz CT molecular complexity index is 1110. The van der Waals surface area contributed by atoms with Crippen molar-refractivity contribution < 1.29 is 9.47 Å². The fourth-order valence-electron chi connectivity index (χ4n) is 4.41. The van der Waals surface area contributed by atoms with E-state index in [-0.39, 0.29) is 12.2 Å². The maximum Gasteiger partial charge on any atom is 0.204 e. The van der Waals surface area contributed by atoms with Gasteiger partial charge in [0.25, 0.3) is 0 Å². The maximum absolute atomic E-state index is 6.00. The zero-order valence-electron chi connectivity index (χ0n) is 19.5. The van der Waals surface area contributed by atoms with Crippen LogP contribution in [0.5, 0.6) is 5.75 Å². The molecular weight excluding hydrogens is 420 g/mol. The molecule has 6 nitrogen and oxygen atoms in total. The van der Waals surface area contributed by atoms with Crippen molar-refractivity contribution in [3.63, 3.8) is 0 Å². The molecular formula is C25H32N4O2S. The van der Waals surface area contributed by atoms with Crippen molar-refractivity contribution in [3.05, 3.63) is 58.9 Å². The lowest BCUT2D eigenvalue weighted by molar-refractivity contribution is -0.0777. The van der Waals surface area contributed by atoms with Gasteiger partial charge in [0, 0.05) is 18.7 Å². The minimum Gasteiger partial charge on any atom is -0.497 e. The van der Waals surface area contributed by atoms with Gasteiger partial charge in [-0.25, -0.2) is 4.68 Å². The standard InChI is InChI=1S/C25H32N4O2S/c1-17(2)22-8-6-7-9-23(22)29-24(20-10-12-21(30-5)13-11-20)26-28(25(29)32)16-27-14-18(3)31-19(4)15-27/h6-13,17-19H,14-16H2,1-5H3/t18-,19-/m0/s1. The molecule has 0 unspecified atom stereocenters. The van der Waals surface area contributed by atoms with Crippen molar-refractivity contribution >= 4 is 12.2 Å². The van der Waals surface area contributed by atoms with Gasteiger partial charge in [0.1, 0.15) is 5.75 Å². The van der Waals surface area contributed by atoms with Gasteiger partial charge in [-0.05, 0) is 67.9 Å². The Hall–Kier alpha value is -2.48. The van der Waals surface area contributed by atoms with Crippen LogP contribution in [0.1, 0.15) is 39.2 Å². The van der Waals surface area contributed by atoms with E-state index in [4.69, 9.17) is 26.8 Å². The number of hydrogen-bond acceptors (Lipinski definition) is 5. The molecule has 0 bridgehead atoms. The van der Waals surface area contributed by atoms with Crippen LogP contribution < -0.4 is 4.74 Å². The van der Waals surface area contributed by atoms with Crippen molar-refractivity contribution in [2.75, 3.05) is 20.2 Å². The fraction of sp³-hybridized carbons (Fsp3) is 0.440. The van der Waals surface area contributed by atoms with Crippen LogP contribution in [0.4, 0.5) is 0 Å². The predicted octanol–water partition coefficient (Wildman–Crippen LogP) is 5.27. The topological polar surface area (TPSA) is 44.4 Å². The average Bonchev–Trinajstić information content (AvgIpc) is 3.08. The van der Waals surface area contributed by atoms with E-state index in [1.165, 1.54) is 5.56 Å². The molecule has 0 spiro atoms. The normalized spacial score (nSPS) is 19.4. The minimum atomic E-state index is 0.192. The number of nitrogens with zero attached hydrogens (tertiary/aromatic N) is 4. The van der Waals surface area contributed by atoms with Gasteiger partial charge in [-0.2, -0.15) is 0 Å². The summed E-state index contributed by atoms with van der Waals surface area (Å²) in [5.41, 5.74) is 3.32. The highest BCUT2D eigenvalue weighted by molar-refractivity contribution is 7.71. The molecule has 1 aliphatic rings. The van der Waals surface area contributed by atoms with Gasteiger partial charge in [-0.3, -0.25) is 9.47 Å². The number of hydrogen-bond donors (Lipinski definition) is 0. The van der Waals surface area contributed by atoms with Gasteiger partial charge in [-0.1, -0.05) is 32.0 Å². The van der Waals surface area contributed by atoms with E-state index in [0.29, 0.717) is 17.4 Å². The molecule has 1 fully saturated rings. The van der Waals surface area contributed by atoms with Gasteiger partial charge in [0.15, 0.2) is 5.82 Å². The molecule has 0 N–H and O–H groups in total. The van der Waals surface area contributed by atoms with Crippen molar-refractivity contribution in [3.8, 4) is 22.8 Å². The summed E-state index contributed by atoms with van der Waals surface area (Å²) in [6.07, 6.45) is 0.385. The summed E-state index contributed by atoms with van der Waals surface area (Å²) in [4.78, 5) is 2.36. The van der Waals surface area contributed by atoms with E-state index in [1.54, 1.807) is 7.11 Å². The highest BCUT2D eigenvalue weighted by Crippen LogP contribution is 2.29. The molecule has 2 aromatic carbocycles. The first-order chi connectivity index (χ1) is 15.4. The van der Waals surface area contributed by atoms with Gasteiger partial charge in [0.2, 0.25) is 4.77 Å². The summed E-state index contributed by atoms with van der Waals surface area (Å²) < 4.78 is 16.0. The summed E-state index contributed by atoms with van der Waals surface area (Å²) >= 11 is 6.00. The van der Waals surface area contributed by atoms with Crippen molar-refractivity contribution in [1.29, 1.82) is 0 Å². The van der Waals surface area contributed by atoms with E-state index >= 15 is 0 Å². The van der Waals surface area contributed by atoms with Crippen LogP contribution >= 0.6 is 12.2 Å². The molecule has 0 saturated carbocycles. The Kier molecular flexibility index (Phi) is 6.79. The van der Waals surface area contributed by atoms with Gasteiger partial charge in [-0.15, -0.1) is 5.10 Å². The van der Waals surface area contributed by atoms with Crippen LogP contribution in [0.2, 0.25) is 0 Å². The van der Waals surface area contributed by atoms with Crippen molar-refractivity contribution in [2.45, 2.75) is 52.5 Å². The Morgan fingerprint density at radius 2 is 1.72 bits per heavy atom. The number of methoxy groups -OCH3 is 1. The second-order valence-corrected chi connectivity index (χ2v) is 9.18. The van der Waals surface area contributed by atoms with Gasteiger partial charge < -0.3 is 9.47 Å². The molecule has 2 heterocycles. The van der Waals surface area contributed by atoms with Crippen molar-refractivity contribution in [2.24, 2.45) is 0 Å². The first-order valence-corrected chi connectivity index (χ1v) is 11.6. The Morgan fingerprint density at radius 1 is 1.06 bits per heavy atom. The number of ether oxygens (including phenoxy) is 2.